The van der Waals surface area contributed by atoms with E-state index in [0.717, 1.165) is 22.6 Å². The molecule has 0 bridgehead atoms. The number of ether oxygens (including phenoxy) is 2. The molecular formula is C34H31N7O4. The Morgan fingerprint density at radius 1 is 0.844 bits per heavy atom. The lowest BCUT2D eigenvalue weighted by Crippen LogP contribution is -2.24. The number of benzene rings is 4. The molecule has 6 aromatic rings. The topological polar surface area (TPSA) is 120 Å². The molecule has 226 valence electrons. The van der Waals surface area contributed by atoms with Crippen LogP contribution in [0.1, 0.15) is 11.1 Å². The third kappa shape index (κ3) is 7.06. The van der Waals surface area contributed by atoms with Crippen molar-refractivity contribution in [2.45, 2.75) is 13.1 Å². The maximum absolute atomic E-state index is 11.6. The molecule has 11 heteroatoms. The van der Waals surface area contributed by atoms with Gasteiger partial charge in [-0.05, 0) is 41.5 Å². The Hall–Kier alpha value is -5.81. The minimum Gasteiger partial charge on any atom is -0.491 e. The Balaban J connectivity index is 1.45. The van der Waals surface area contributed by atoms with E-state index >= 15 is 0 Å². The summed E-state index contributed by atoms with van der Waals surface area (Å²) in [4.78, 5) is 27.9. The van der Waals surface area contributed by atoms with Crippen molar-refractivity contribution in [2.75, 3.05) is 30.5 Å². The molecule has 4 aromatic carbocycles. The van der Waals surface area contributed by atoms with Gasteiger partial charge < -0.3 is 19.7 Å². The number of nitrogens with zero attached hydrogens (tertiary/aromatic N) is 6. The molecular weight excluding hydrogens is 570 g/mol. The van der Waals surface area contributed by atoms with E-state index in [4.69, 9.17) is 24.4 Å². The van der Waals surface area contributed by atoms with Gasteiger partial charge in [-0.1, -0.05) is 66.7 Å². The van der Waals surface area contributed by atoms with Gasteiger partial charge in [0.2, 0.25) is 5.95 Å². The number of nitro benzene ring substituents is 1. The summed E-state index contributed by atoms with van der Waals surface area (Å²) in [6.07, 6.45) is 1.63. The van der Waals surface area contributed by atoms with Gasteiger partial charge >= 0.3 is 0 Å². The highest BCUT2D eigenvalue weighted by molar-refractivity contribution is 5.86. The largest absolute Gasteiger partial charge is 0.491 e. The second-order valence-corrected chi connectivity index (χ2v) is 10.3. The molecule has 0 spiro atoms. The molecule has 0 radical (unpaired) electrons. The van der Waals surface area contributed by atoms with E-state index in [9.17, 15) is 10.1 Å². The van der Waals surface area contributed by atoms with Gasteiger partial charge in [0.1, 0.15) is 18.7 Å². The van der Waals surface area contributed by atoms with Crippen LogP contribution in [0, 0.1) is 10.1 Å². The molecule has 0 unspecified atom stereocenters. The zero-order valence-electron chi connectivity index (χ0n) is 24.6. The Morgan fingerprint density at radius 2 is 1.53 bits per heavy atom. The molecule has 0 aliphatic rings. The van der Waals surface area contributed by atoms with E-state index in [1.165, 1.54) is 12.1 Å². The van der Waals surface area contributed by atoms with Crippen molar-refractivity contribution in [3.8, 4) is 11.4 Å². The molecule has 0 aliphatic carbocycles. The third-order valence-corrected chi connectivity index (χ3v) is 7.10. The van der Waals surface area contributed by atoms with Gasteiger partial charge in [-0.15, -0.1) is 0 Å². The minimum atomic E-state index is -0.417. The number of non-ortho nitro benzene ring substituents is 1. The van der Waals surface area contributed by atoms with Crippen LogP contribution in [0.25, 0.3) is 16.9 Å². The summed E-state index contributed by atoms with van der Waals surface area (Å²) >= 11 is 0. The van der Waals surface area contributed by atoms with Gasteiger partial charge in [0.25, 0.3) is 5.69 Å². The number of rotatable bonds is 13. The van der Waals surface area contributed by atoms with Crippen molar-refractivity contribution < 1.29 is 14.4 Å². The van der Waals surface area contributed by atoms with Crippen LogP contribution in [-0.4, -0.2) is 44.8 Å². The second-order valence-electron chi connectivity index (χ2n) is 10.3. The number of fused-ring (bicyclic) bond motifs is 1. The number of anilines is 3. The minimum absolute atomic E-state index is 0.0235. The molecule has 0 saturated heterocycles. The average molecular weight is 602 g/mol. The smallest absolute Gasteiger partial charge is 0.271 e. The van der Waals surface area contributed by atoms with Crippen molar-refractivity contribution in [1.29, 1.82) is 0 Å². The summed E-state index contributed by atoms with van der Waals surface area (Å²) < 4.78 is 12.5. The highest BCUT2D eigenvalue weighted by Crippen LogP contribution is 2.31. The number of nitro groups is 1. The predicted octanol–water partition coefficient (Wildman–Crippen LogP) is 6.70. The summed E-state index contributed by atoms with van der Waals surface area (Å²) in [5.74, 6) is 1.69. The summed E-state index contributed by atoms with van der Waals surface area (Å²) in [5, 5.41) is 14.9. The zero-order valence-corrected chi connectivity index (χ0v) is 24.6. The van der Waals surface area contributed by atoms with Crippen LogP contribution >= 0.6 is 0 Å². The van der Waals surface area contributed by atoms with E-state index in [-0.39, 0.29) is 5.69 Å². The lowest BCUT2D eigenvalue weighted by atomic mass is 10.1. The quantitative estimate of drug-likeness (QED) is 0.0876. The fourth-order valence-electron chi connectivity index (χ4n) is 4.93. The highest BCUT2D eigenvalue weighted by atomic mass is 16.6. The van der Waals surface area contributed by atoms with Crippen LogP contribution in [0.15, 0.2) is 116 Å². The third-order valence-electron chi connectivity index (χ3n) is 7.10. The highest BCUT2D eigenvalue weighted by Gasteiger charge is 2.21. The number of methoxy groups -OCH3 is 1. The van der Waals surface area contributed by atoms with Crippen LogP contribution < -0.4 is 15.0 Å². The zero-order chi connectivity index (χ0) is 31.0. The van der Waals surface area contributed by atoms with Gasteiger partial charge in [-0.25, -0.2) is 4.98 Å². The normalized spacial score (nSPS) is 11.0. The van der Waals surface area contributed by atoms with E-state index in [1.807, 2.05) is 60.7 Å². The Labute approximate surface area is 259 Å². The lowest BCUT2D eigenvalue weighted by Gasteiger charge is -2.25. The monoisotopic (exact) mass is 601 g/mol. The molecule has 0 fully saturated rings. The van der Waals surface area contributed by atoms with E-state index in [2.05, 4.69) is 34.5 Å². The van der Waals surface area contributed by atoms with Gasteiger partial charge in [-0.3, -0.25) is 14.7 Å². The number of aromatic nitrogens is 4. The molecule has 45 heavy (non-hydrogen) atoms. The van der Waals surface area contributed by atoms with Crippen LogP contribution in [-0.2, 0) is 17.8 Å². The van der Waals surface area contributed by atoms with Gasteiger partial charge in [0.05, 0.1) is 17.2 Å². The van der Waals surface area contributed by atoms with Crippen LogP contribution in [0.5, 0.6) is 5.75 Å². The standard InChI is InChI=1S/C34H31N7O4/c1-44-19-20-45-30-17-15-27(16-18-30)36-34-37-32(39(22-25-9-4-2-5-10-25)23-26-11-6-3-7-12-26)31-33(38-34)40(24-35-31)28-13-8-14-29(21-28)41(42)43/h2-18,21,24H,19-20,22-23H2,1H3,(H,36,37,38). The lowest BCUT2D eigenvalue weighted by molar-refractivity contribution is -0.384. The first-order valence-corrected chi connectivity index (χ1v) is 14.4. The molecule has 11 nitrogen and oxygen atoms in total. The molecule has 1 N–H and O–H groups in total. The molecule has 0 atom stereocenters. The summed E-state index contributed by atoms with van der Waals surface area (Å²) in [6.45, 7) is 2.08. The summed E-state index contributed by atoms with van der Waals surface area (Å²) in [7, 11) is 1.63. The average Bonchev–Trinajstić information content (AvgIpc) is 3.50. The first-order chi connectivity index (χ1) is 22.1. The maximum atomic E-state index is 11.6. The van der Waals surface area contributed by atoms with E-state index in [0.29, 0.717) is 54.9 Å². The molecule has 2 heterocycles. The summed E-state index contributed by atoms with van der Waals surface area (Å²) in [6, 6.07) is 34.2. The van der Waals surface area contributed by atoms with Gasteiger partial charge in [-0.2, -0.15) is 9.97 Å². The fraction of sp³-hybridized carbons (Fsp3) is 0.147. The molecule has 0 saturated carbocycles. The molecule has 0 amide bonds. The summed E-state index contributed by atoms with van der Waals surface area (Å²) in [5.41, 5.74) is 4.60. The SMILES string of the molecule is COCCOc1ccc(Nc2nc(N(Cc3ccccc3)Cc3ccccc3)c3ncn(-c4cccc([N+](=O)[O-])c4)c3n2)cc1. The van der Waals surface area contributed by atoms with Crippen molar-refractivity contribution in [3.63, 3.8) is 0 Å². The first-order valence-electron chi connectivity index (χ1n) is 14.4. The van der Waals surface area contributed by atoms with Crippen LogP contribution in [0.3, 0.4) is 0 Å². The Morgan fingerprint density at radius 3 is 2.18 bits per heavy atom. The molecule has 6 rings (SSSR count). The van der Waals surface area contributed by atoms with Crippen LogP contribution in [0.2, 0.25) is 0 Å². The number of hydrogen-bond acceptors (Lipinski definition) is 9. The van der Waals surface area contributed by atoms with Crippen molar-refractivity contribution in [3.05, 3.63) is 137 Å². The first kappa shape index (κ1) is 29.3. The van der Waals surface area contributed by atoms with Gasteiger partial charge in [0.15, 0.2) is 17.0 Å². The van der Waals surface area contributed by atoms with Crippen molar-refractivity contribution >= 4 is 34.3 Å². The molecule has 2 aromatic heterocycles. The van der Waals surface area contributed by atoms with Gasteiger partial charge in [0, 0.05) is 38.0 Å². The number of imidazole rings is 1. The number of hydrogen-bond donors (Lipinski definition) is 1. The van der Waals surface area contributed by atoms with Crippen molar-refractivity contribution in [2.24, 2.45) is 0 Å². The predicted molar refractivity (Wildman–Crippen MR) is 173 cm³/mol. The van der Waals surface area contributed by atoms with E-state index < -0.39 is 4.92 Å². The Bertz CT molecular complexity index is 1840. The van der Waals surface area contributed by atoms with E-state index in [1.54, 1.807) is 30.1 Å². The molecule has 0 aliphatic heterocycles. The maximum Gasteiger partial charge on any atom is 0.271 e. The fourth-order valence-corrected chi connectivity index (χ4v) is 4.93. The Kier molecular flexibility index (Phi) is 8.88. The number of nitrogens with one attached hydrogen (secondary N) is 1. The van der Waals surface area contributed by atoms with Crippen LogP contribution in [0.4, 0.5) is 23.1 Å². The second kappa shape index (κ2) is 13.7. The van der Waals surface area contributed by atoms with Crippen molar-refractivity contribution in [1.82, 2.24) is 19.5 Å².